The third-order valence-electron chi connectivity index (χ3n) is 3.87. The van der Waals surface area contributed by atoms with Gasteiger partial charge in [0.25, 0.3) is 0 Å². The van der Waals surface area contributed by atoms with Crippen molar-refractivity contribution in [2.24, 2.45) is 5.73 Å². The highest BCUT2D eigenvalue weighted by Crippen LogP contribution is 2.30. The van der Waals surface area contributed by atoms with Gasteiger partial charge in [-0.25, -0.2) is 0 Å². The summed E-state index contributed by atoms with van der Waals surface area (Å²) in [6, 6.07) is 5.39. The summed E-state index contributed by atoms with van der Waals surface area (Å²) < 4.78 is 0. The van der Waals surface area contributed by atoms with E-state index in [1.165, 1.54) is 0 Å². The van der Waals surface area contributed by atoms with Crippen LogP contribution in [0.15, 0.2) is 18.2 Å². The maximum Gasteiger partial charge on any atom is 0.303 e. The van der Waals surface area contributed by atoms with E-state index in [4.69, 9.17) is 22.4 Å². The van der Waals surface area contributed by atoms with Gasteiger partial charge in [-0.15, -0.1) is 0 Å². The van der Waals surface area contributed by atoms with Gasteiger partial charge in [0.2, 0.25) is 5.91 Å². The molecule has 5 nitrogen and oxygen atoms in total. The number of carboxylic acid groups (broad SMARTS) is 1. The van der Waals surface area contributed by atoms with E-state index in [0.717, 1.165) is 31.5 Å². The molecule has 6 heteroatoms. The molecule has 21 heavy (non-hydrogen) atoms. The van der Waals surface area contributed by atoms with E-state index in [0.29, 0.717) is 17.0 Å². The molecule has 1 unspecified atom stereocenters. The SMILES string of the molecule is NC(=O)c1ccc(N2CCCCC2CCC(=O)O)cc1Cl. The molecule has 0 saturated carbocycles. The van der Waals surface area contributed by atoms with Gasteiger partial charge >= 0.3 is 5.97 Å². The molecule has 1 aromatic carbocycles. The van der Waals surface area contributed by atoms with E-state index in [-0.39, 0.29) is 12.5 Å². The van der Waals surface area contributed by atoms with Gasteiger partial charge in [0.05, 0.1) is 10.6 Å². The van der Waals surface area contributed by atoms with Gasteiger partial charge in [-0.1, -0.05) is 11.6 Å². The Morgan fingerprint density at radius 3 is 2.76 bits per heavy atom. The van der Waals surface area contributed by atoms with E-state index in [1.807, 2.05) is 6.07 Å². The third-order valence-corrected chi connectivity index (χ3v) is 4.18. The number of anilines is 1. The fourth-order valence-electron chi connectivity index (χ4n) is 2.81. The summed E-state index contributed by atoms with van der Waals surface area (Å²) in [5, 5.41) is 9.19. The zero-order valence-electron chi connectivity index (χ0n) is 11.7. The van der Waals surface area contributed by atoms with Crippen molar-refractivity contribution in [1.82, 2.24) is 0 Å². The minimum atomic E-state index is -0.775. The number of amides is 1. The summed E-state index contributed by atoms with van der Waals surface area (Å²) in [5.74, 6) is -1.32. The number of hydrogen-bond donors (Lipinski definition) is 2. The lowest BCUT2D eigenvalue weighted by Gasteiger charge is -2.37. The first kappa shape index (κ1) is 15.6. The Kier molecular flexibility index (Phi) is 5.07. The number of aliphatic carboxylic acids is 1. The number of halogens is 1. The van der Waals surface area contributed by atoms with Crippen LogP contribution in [0.3, 0.4) is 0 Å². The van der Waals surface area contributed by atoms with Crippen LogP contribution in [-0.4, -0.2) is 29.6 Å². The normalized spacial score (nSPS) is 18.5. The number of benzene rings is 1. The van der Waals surface area contributed by atoms with E-state index < -0.39 is 11.9 Å². The quantitative estimate of drug-likeness (QED) is 0.875. The summed E-state index contributed by atoms with van der Waals surface area (Å²) in [4.78, 5) is 24.2. The Labute approximate surface area is 128 Å². The summed E-state index contributed by atoms with van der Waals surface area (Å²) >= 11 is 6.10. The van der Waals surface area contributed by atoms with Gasteiger partial charge in [0.1, 0.15) is 0 Å². The van der Waals surface area contributed by atoms with Crippen LogP contribution in [0.25, 0.3) is 0 Å². The number of nitrogens with two attached hydrogens (primary N) is 1. The fourth-order valence-corrected chi connectivity index (χ4v) is 3.08. The Balaban J connectivity index is 2.18. The lowest BCUT2D eigenvalue weighted by atomic mass is 9.97. The second-order valence-electron chi connectivity index (χ2n) is 5.30. The molecule has 1 heterocycles. The number of carboxylic acids is 1. The van der Waals surface area contributed by atoms with Gasteiger partial charge in [0.15, 0.2) is 0 Å². The molecule has 0 aliphatic carbocycles. The molecule has 1 saturated heterocycles. The maximum absolute atomic E-state index is 11.2. The molecule has 1 amide bonds. The first-order chi connectivity index (χ1) is 9.99. The van der Waals surface area contributed by atoms with Crippen LogP contribution >= 0.6 is 11.6 Å². The summed E-state index contributed by atoms with van der Waals surface area (Å²) in [6.45, 7) is 0.872. The lowest BCUT2D eigenvalue weighted by molar-refractivity contribution is -0.137. The van der Waals surface area contributed by atoms with Gasteiger partial charge < -0.3 is 15.7 Å². The zero-order valence-corrected chi connectivity index (χ0v) is 12.5. The van der Waals surface area contributed by atoms with Crippen molar-refractivity contribution in [3.63, 3.8) is 0 Å². The summed E-state index contributed by atoms with van der Waals surface area (Å²) in [6.07, 6.45) is 3.92. The molecule has 3 N–H and O–H groups in total. The van der Waals surface area contributed by atoms with Gasteiger partial charge in [-0.05, 0) is 43.9 Å². The molecule has 1 fully saturated rings. The molecule has 2 rings (SSSR count). The molecule has 1 aliphatic heterocycles. The topological polar surface area (TPSA) is 83.6 Å². The Bertz CT molecular complexity index is 548. The lowest BCUT2D eigenvalue weighted by Crippen LogP contribution is -2.39. The summed E-state index contributed by atoms with van der Waals surface area (Å²) in [5.41, 5.74) is 6.47. The third kappa shape index (κ3) is 3.88. The van der Waals surface area contributed by atoms with Crippen molar-refractivity contribution in [3.05, 3.63) is 28.8 Å². The van der Waals surface area contributed by atoms with Gasteiger partial charge in [-0.2, -0.15) is 0 Å². The maximum atomic E-state index is 11.2. The fraction of sp³-hybridized carbons (Fsp3) is 0.467. The van der Waals surface area contributed by atoms with Crippen LogP contribution in [0.5, 0.6) is 0 Å². The minimum Gasteiger partial charge on any atom is -0.481 e. The average molecular weight is 311 g/mol. The first-order valence-corrected chi connectivity index (χ1v) is 7.44. The van der Waals surface area contributed by atoms with Crippen molar-refractivity contribution in [2.75, 3.05) is 11.4 Å². The molecular weight excluding hydrogens is 292 g/mol. The molecule has 1 aliphatic rings. The van der Waals surface area contributed by atoms with Crippen LogP contribution in [0.4, 0.5) is 5.69 Å². The van der Waals surface area contributed by atoms with Crippen molar-refractivity contribution in [3.8, 4) is 0 Å². The van der Waals surface area contributed by atoms with E-state index in [9.17, 15) is 9.59 Å². The second kappa shape index (κ2) is 6.80. The zero-order chi connectivity index (χ0) is 15.4. The van der Waals surface area contributed by atoms with Crippen LogP contribution < -0.4 is 10.6 Å². The highest BCUT2D eigenvalue weighted by atomic mass is 35.5. The predicted octanol–water partition coefficient (Wildman–Crippen LogP) is 2.66. The molecule has 0 spiro atoms. The van der Waals surface area contributed by atoms with Crippen molar-refractivity contribution >= 4 is 29.2 Å². The number of primary amides is 1. The summed E-state index contributed by atoms with van der Waals surface area (Å²) in [7, 11) is 0. The highest BCUT2D eigenvalue weighted by Gasteiger charge is 2.24. The first-order valence-electron chi connectivity index (χ1n) is 7.07. The van der Waals surface area contributed by atoms with E-state index >= 15 is 0 Å². The average Bonchev–Trinajstić information content (AvgIpc) is 2.45. The minimum absolute atomic E-state index is 0.161. The smallest absolute Gasteiger partial charge is 0.303 e. The molecule has 114 valence electrons. The van der Waals surface area contributed by atoms with Gasteiger partial charge in [-0.3, -0.25) is 9.59 Å². The molecule has 0 bridgehead atoms. The number of carbonyl (C=O) groups excluding carboxylic acids is 1. The van der Waals surface area contributed by atoms with E-state index in [1.54, 1.807) is 12.1 Å². The van der Waals surface area contributed by atoms with Crippen LogP contribution in [0, 0.1) is 0 Å². The largest absolute Gasteiger partial charge is 0.481 e. The number of carbonyl (C=O) groups is 2. The van der Waals surface area contributed by atoms with Crippen molar-refractivity contribution in [2.45, 2.75) is 38.1 Å². The van der Waals surface area contributed by atoms with Crippen LogP contribution in [-0.2, 0) is 4.79 Å². The number of rotatable bonds is 5. The molecule has 0 aromatic heterocycles. The molecular formula is C15H19ClN2O3. The molecule has 0 radical (unpaired) electrons. The standard InChI is InChI=1S/C15H19ClN2O3/c16-13-9-11(4-6-12(13)15(17)21)18-8-2-1-3-10(18)5-7-14(19)20/h4,6,9-10H,1-3,5,7-8H2,(H2,17,21)(H,19,20). The molecule has 1 aromatic rings. The van der Waals surface area contributed by atoms with Crippen molar-refractivity contribution in [1.29, 1.82) is 0 Å². The van der Waals surface area contributed by atoms with Crippen molar-refractivity contribution < 1.29 is 14.7 Å². The monoisotopic (exact) mass is 310 g/mol. The number of hydrogen-bond acceptors (Lipinski definition) is 3. The Morgan fingerprint density at radius 2 is 2.14 bits per heavy atom. The highest BCUT2D eigenvalue weighted by molar-refractivity contribution is 6.34. The Morgan fingerprint density at radius 1 is 1.38 bits per heavy atom. The number of piperidine rings is 1. The van der Waals surface area contributed by atoms with Gasteiger partial charge in [0, 0.05) is 24.7 Å². The second-order valence-corrected chi connectivity index (χ2v) is 5.71. The predicted molar refractivity (Wildman–Crippen MR) is 81.8 cm³/mol. The Hall–Kier alpha value is -1.75. The molecule has 1 atom stereocenters. The van der Waals surface area contributed by atoms with Crippen LogP contribution in [0.2, 0.25) is 5.02 Å². The van der Waals surface area contributed by atoms with Crippen LogP contribution in [0.1, 0.15) is 42.5 Å². The van der Waals surface area contributed by atoms with E-state index in [2.05, 4.69) is 4.90 Å². The number of nitrogens with zero attached hydrogens (tertiary/aromatic N) is 1.